The quantitative estimate of drug-likeness (QED) is 0.0779. The number of hydrogen-bond donors (Lipinski definition) is 2. The molecule has 0 aliphatic carbocycles. The van der Waals surface area contributed by atoms with Crippen LogP contribution in [0.25, 0.3) is 0 Å². The molecule has 7 heteroatoms. The maximum atomic E-state index is 12.3. The predicted molar refractivity (Wildman–Crippen MR) is 154 cm³/mol. The summed E-state index contributed by atoms with van der Waals surface area (Å²) in [5.74, 6) is 0.0358. The summed E-state index contributed by atoms with van der Waals surface area (Å²) in [6, 6.07) is 0. The van der Waals surface area contributed by atoms with Crippen molar-refractivity contribution in [1.29, 1.82) is 0 Å². The molecule has 220 valence electrons. The van der Waals surface area contributed by atoms with E-state index in [0.29, 0.717) is 32.8 Å². The van der Waals surface area contributed by atoms with E-state index in [4.69, 9.17) is 9.57 Å². The van der Waals surface area contributed by atoms with Crippen LogP contribution < -0.4 is 10.6 Å². The van der Waals surface area contributed by atoms with Gasteiger partial charge in [0.15, 0.2) is 0 Å². The molecule has 0 aliphatic rings. The zero-order valence-electron chi connectivity index (χ0n) is 25.5. The van der Waals surface area contributed by atoms with Crippen LogP contribution in [0.4, 0.5) is 0 Å². The van der Waals surface area contributed by atoms with Gasteiger partial charge in [-0.05, 0) is 27.2 Å². The number of nitrogens with one attached hydrogen (secondary N) is 2. The average molecular weight is 528 g/mol. The molecule has 0 rings (SSSR count). The summed E-state index contributed by atoms with van der Waals surface area (Å²) >= 11 is 0. The summed E-state index contributed by atoms with van der Waals surface area (Å²) in [7, 11) is 1.78. The monoisotopic (exact) mass is 527 g/mol. The third-order valence-electron chi connectivity index (χ3n) is 6.56. The molecule has 2 amide bonds. The molecule has 0 spiro atoms. The number of carbonyl (C=O) groups is 2. The van der Waals surface area contributed by atoms with Gasteiger partial charge in [0.05, 0.1) is 31.9 Å². The molecule has 0 unspecified atom stereocenters. The number of rotatable bonds is 25. The van der Waals surface area contributed by atoms with Crippen LogP contribution in [0.15, 0.2) is 0 Å². The van der Waals surface area contributed by atoms with Crippen molar-refractivity contribution in [2.24, 2.45) is 5.41 Å². The van der Waals surface area contributed by atoms with Crippen molar-refractivity contribution in [2.75, 3.05) is 33.5 Å². The largest absolute Gasteiger partial charge is 0.374 e. The van der Waals surface area contributed by atoms with Crippen molar-refractivity contribution in [3.05, 3.63) is 0 Å². The van der Waals surface area contributed by atoms with Gasteiger partial charge in [-0.15, -0.1) is 0 Å². The second-order valence-corrected chi connectivity index (χ2v) is 12.0. The molecule has 0 radical (unpaired) electrons. The summed E-state index contributed by atoms with van der Waals surface area (Å²) in [4.78, 5) is 29.8. The lowest BCUT2D eigenvalue weighted by molar-refractivity contribution is -0.149. The Kier molecular flexibility index (Phi) is 21.0. The molecule has 37 heavy (non-hydrogen) atoms. The number of nitrogens with zero attached hydrogens (tertiary/aromatic N) is 1. The van der Waals surface area contributed by atoms with E-state index in [2.05, 4.69) is 31.4 Å². The average Bonchev–Trinajstić information content (AvgIpc) is 2.83. The standard InChI is InChI=1S/C30H61N3O4/c1-8-10-11-12-13-14-15-16-17-18-19-20-21-22-27(34)31-24-29(3,4)25-36-30(5,6)23-28(35)32-26-33(7)37-9-2/h8-26H2,1-7H3,(H,31,34)(H,32,35). The highest BCUT2D eigenvalue weighted by atomic mass is 16.7. The first-order valence-electron chi connectivity index (χ1n) is 15.0. The second kappa shape index (κ2) is 21.7. The molecule has 2 N–H and O–H groups in total. The fraction of sp³-hybridized carbons (Fsp3) is 0.933. The molecule has 7 nitrogen and oxygen atoms in total. The van der Waals surface area contributed by atoms with Gasteiger partial charge in [-0.2, -0.15) is 5.06 Å². The highest BCUT2D eigenvalue weighted by Gasteiger charge is 2.27. The van der Waals surface area contributed by atoms with Crippen LogP contribution in [0.3, 0.4) is 0 Å². The van der Waals surface area contributed by atoms with Gasteiger partial charge in [0.2, 0.25) is 11.8 Å². The van der Waals surface area contributed by atoms with Crippen molar-refractivity contribution in [1.82, 2.24) is 15.7 Å². The van der Waals surface area contributed by atoms with Gasteiger partial charge in [-0.1, -0.05) is 97.8 Å². The summed E-state index contributed by atoms with van der Waals surface area (Å²) in [5.41, 5.74) is -0.807. The summed E-state index contributed by atoms with van der Waals surface area (Å²) in [5, 5.41) is 7.50. The number of hydrogen-bond acceptors (Lipinski definition) is 5. The van der Waals surface area contributed by atoms with E-state index in [1.54, 1.807) is 12.1 Å². The number of unbranched alkanes of at least 4 members (excludes halogenated alkanes) is 12. The summed E-state index contributed by atoms with van der Waals surface area (Å²) in [6.07, 6.45) is 17.9. The molecule has 0 aromatic heterocycles. The van der Waals surface area contributed by atoms with Crippen molar-refractivity contribution < 1.29 is 19.2 Å². The zero-order chi connectivity index (χ0) is 28.0. The lowest BCUT2D eigenvalue weighted by Crippen LogP contribution is -2.42. The molecule has 0 atom stereocenters. The molecule has 0 aromatic rings. The van der Waals surface area contributed by atoms with E-state index >= 15 is 0 Å². The van der Waals surface area contributed by atoms with Crippen molar-refractivity contribution >= 4 is 11.8 Å². The van der Waals surface area contributed by atoms with E-state index < -0.39 is 5.60 Å². The number of amides is 2. The minimum Gasteiger partial charge on any atom is -0.374 e. The van der Waals surface area contributed by atoms with Gasteiger partial charge in [0, 0.05) is 25.4 Å². The first kappa shape index (κ1) is 35.8. The van der Waals surface area contributed by atoms with Crippen LogP contribution in [0.5, 0.6) is 0 Å². The predicted octanol–water partition coefficient (Wildman–Crippen LogP) is 6.75. The molecule has 0 saturated heterocycles. The Morgan fingerprint density at radius 1 is 0.730 bits per heavy atom. The highest BCUT2D eigenvalue weighted by molar-refractivity contribution is 5.76. The van der Waals surface area contributed by atoms with Crippen LogP contribution in [0.2, 0.25) is 0 Å². The van der Waals surface area contributed by atoms with E-state index in [-0.39, 0.29) is 23.7 Å². The molecule has 0 fully saturated rings. The maximum absolute atomic E-state index is 12.3. The molecule has 0 heterocycles. The lowest BCUT2D eigenvalue weighted by Gasteiger charge is -2.32. The third-order valence-corrected chi connectivity index (χ3v) is 6.56. The number of carbonyl (C=O) groups excluding carboxylic acids is 2. The minimum absolute atomic E-state index is 0.0829. The van der Waals surface area contributed by atoms with E-state index in [0.717, 1.165) is 12.8 Å². The van der Waals surface area contributed by atoms with Crippen molar-refractivity contribution in [3.63, 3.8) is 0 Å². The molecular formula is C30H61N3O4. The molecule has 0 aromatic carbocycles. The first-order chi connectivity index (χ1) is 17.5. The Balaban J connectivity index is 3.85. The normalized spacial score (nSPS) is 12.2. The van der Waals surface area contributed by atoms with Crippen LogP contribution in [-0.2, 0) is 19.2 Å². The fourth-order valence-electron chi connectivity index (χ4n) is 4.14. The van der Waals surface area contributed by atoms with Gasteiger partial charge in [0.25, 0.3) is 0 Å². The SMILES string of the molecule is CCCCCCCCCCCCCCCC(=O)NCC(C)(C)COC(C)(C)CC(=O)NCN(C)OCC. The molecular weight excluding hydrogens is 466 g/mol. The molecule has 0 aliphatic heterocycles. The number of ether oxygens (including phenoxy) is 1. The summed E-state index contributed by atoms with van der Waals surface area (Å²) in [6.45, 7) is 14.1. The van der Waals surface area contributed by atoms with Gasteiger partial charge in [-0.25, -0.2) is 0 Å². The van der Waals surface area contributed by atoms with Gasteiger partial charge in [-0.3, -0.25) is 14.4 Å². The Morgan fingerprint density at radius 2 is 1.24 bits per heavy atom. The lowest BCUT2D eigenvalue weighted by atomic mass is 9.93. The highest BCUT2D eigenvalue weighted by Crippen LogP contribution is 2.22. The fourth-order valence-corrected chi connectivity index (χ4v) is 4.14. The molecule has 0 saturated carbocycles. The molecule has 0 bridgehead atoms. The van der Waals surface area contributed by atoms with E-state index in [9.17, 15) is 9.59 Å². The Labute approximate surface area is 229 Å². The smallest absolute Gasteiger partial charge is 0.223 e. The topological polar surface area (TPSA) is 79.9 Å². The van der Waals surface area contributed by atoms with Crippen LogP contribution >= 0.6 is 0 Å². The van der Waals surface area contributed by atoms with Crippen molar-refractivity contribution in [2.45, 2.75) is 143 Å². The third kappa shape index (κ3) is 23.7. The second-order valence-electron chi connectivity index (χ2n) is 12.0. The Morgan fingerprint density at radius 3 is 1.76 bits per heavy atom. The van der Waals surface area contributed by atoms with Gasteiger partial charge < -0.3 is 15.4 Å². The van der Waals surface area contributed by atoms with Crippen molar-refractivity contribution in [3.8, 4) is 0 Å². The first-order valence-corrected chi connectivity index (χ1v) is 15.0. The van der Waals surface area contributed by atoms with Gasteiger partial charge in [0.1, 0.15) is 0 Å². The van der Waals surface area contributed by atoms with Gasteiger partial charge >= 0.3 is 0 Å². The Bertz CT molecular complexity index is 581. The Hall–Kier alpha value is -1.18. The minimum atomic E-state index is -0.593. The van der Waals surface area contributed by atoms with E-state index in [1.165, 1.54) is 70.6 Å². The van der Waals surface area contributed by atoms with Crippen LogP contribution in [-0.4, -0.2) is 56.0 Å². The zero-order valence-corrected chi connectivity index (χ0v) is 25.5. The van der Waals surface area contributed by atoms with Crippen LogP contribution in [0.1, 0.15) is 138 Å². The van der Waals surface area contributed by atoms with Crippen LogP contribution in [0, 0.1) is 5.41 Å². The number of hydroxylamine groups is 2. The van der Waals surface area contributed by atoms with E-state index in [1.807, 2.05) is 20.8 Å². The summed E-state index contributed by atoms with van der Waals surface area (Å²) < 4.78 is 6.08. The maximum Gasteiger partial charge on any atom is 0.223 e.